The van der Waals surface area contributed by atoms with Gasteiger partial charge >= 0.3 is 0 Å². The van der Waals surface area contributed by atoms with E-state index >= 15 is 0 Å². The van der Waals surface area contributed by atoms with Gasteiger partial charge in [0.1, 0.15) is 0 Å². The summed E-state index contributed by atoms with van der Waals surface area (Å²) in [6.45, 7) is 2.29. The van der Waals surface area contributed by atoms with E-state index in [1.807, 2.05) is 0 Å². The first-order valence-corrected chi connectivity index (χ1v) is 7.69. The minimum absolute atomic E-state index is 0.426. The van der Waals surface area contributed by atoms with Gasteiger partial charge in [-0.15, -0.1) is 11.6 Å². The van der Waals surface area contributed by atoms with E-state index in [0.29, 0.717) is 5.38 Å². The molecule has 2 aliphatic carbocycles. The normalized spacial score (nSPS) is 30.6. The van der Waals surface area contributed by atoms with Crippen molar-refractivity contribution in [3.63, 3.8) is 0 Å². The van der Waals surface area contributed by atoms with Crippen LogP contribution in [-0.2, 0) is 6.42 Å². The van der Waals surface area contributed by atoms with Gasteiger partial charge < -0.3 is 5.32 Å². The number of hydrogen-bond acceptors (Lipinski definition) is 1. The van der Waals surface area contributed by atoms with E-state index in [1.54, 1.807) is 11.1 Å². The molecule has 0 heterocycles. The summed E-state index contributed by atoms with van der Waals surface area (Å²) < 4.78 is 0. The van der Waals surface area contributed by atoms with E-state index in [1.165, 1.54) is 32.1 Å². The van der Waals surface area contributed by atoms with Gasteiger partial charge in [-0.1, -0.05) is 30.7 Å². The topological polar surface area (TPSA) is 12.0 Å². The number of halogens is 1. The van der Waals surface area contributed by atoms with Gasteiger partial charge in [0.05, 0.1) is 0 Å². The molecule has 2 heteroatoms. The van der Waals surface area contributed by atoms with Crippen LogP contribution in [0, 0.1) is 5.92 Å². The van der Waals surface area contributed by atoms with E-state index in [4.69, 9.17) is 11.6 Å². The highest BCUT2D eigenvalue weighted by Crippen LogP contribution is 2.34. The van der Waals surface area contributed by atoms with Gasteiger partial charge in [-0.2, -0.15) is 0 Å². The molecule has 3 unspecified atom stereocenters. The van der Waals surface area contributed by atoms with Gasteiger partial charge in [0, 0.05) is 17.8 Å². The molecule has 0 aromatic heterocycles. The zero-order chi connectivity index (χ0) is 12.4. The first-order chi connectivity index (χ1) is 8.83. The summed E-state index contributed by atoms with van der Waals surface area (Å²) in [6.07, 6.45) is 6.35. The van der Waals surface area contributed by atoms with Crippen LogP contribution >= 0.6 is 11.6 Å². The van der Waals surface area contributed by atoms with Gasteiger partial charge in [-0.05, 0) is 49.3 Å². The highest BCUT2D eigenvalue weighted by molar-refractivity contribution is 6.20. The van der Waals surface area contributed by atoms with E-state index in [2.05, 4.69) is 29.6 Å². The van der Waals surface area contributed by atoms with Crippen molar-refractivity contribution in [2.45, 2.75) is 43.4 Å². The molecule has 1 N–H and O–H groups in total. The summed E-state index contributed by atoms with van der Waals surface area (Å²) in [5.74, 6) is 1.55. The molecular formula is C16H22ClN. The van der Waals surface area contributed by atoms with E-state index < -0.39 is 0 Å². The minimum Gasteiger partial charge on any atom is -0.316 e. The number of alkyl halides is 1. The Morgan fingerprint density at radius 3 is 2.89 bits per heavy atom. The van der Waals surface area contributed by atoms with Gasteiger partial charge in [0.15, 0.2) is 0 Å². The van der Waals surface area contributed by atoms with Crippen LogP contribution in [0.3, 0.4) is 0 Å². The molecule has 0 spiro atoms. The van der Waals surface area contributed by atoms with Crippen molar-refractivity contribution in [2.75, 3.05) is 13.1 Å². The molecular weight excluding hydrogens is 242 g/mol. The monoisotopic (exact) mass is 263 g/mol. The van der Waals surface area contributed by atoms with Gasteiger partial charge in [-0.3, -0.25) is 0 Å². The van der Waals surface area contributed by atoms with Crippen LogP contribution < -0.4 is 5.32 Å². The largest absolute Gasteiger partial charge is 0.316 e. The SMILES string of the molecule is ClC1CCCC(CNCC2Cc3ccccc32)C1. The first kappa shape index (κ1) is 12.5. The van der Waals surface area contributed by atoms with E-state index in [9.17, 15) is 0 Å². The molecule has 1 fully saturated rings. The molecule has 18 heavy (non-hydrogen) atoms. The Morgan fingerprint density at radius 2 is 2.06 bits per heavy atom. The lowest BCUT2D eigenvalue weighted by Crippen LogP contribution is -2.33. The quantitative estimate of drug-likeness (QED) is 0.817. The summed E-state index contributed by atoms with van der Waals surface area (Å²) in [4.78, 5) is 0. The van der Waals surface area contributed by atoms with Crippen molar-refractivity contribution in [3.05, 3.63) is 35.4 Å². The van der Waals surface area contributed by atoms with Crippen molar-refractivity contribution in [2.24, 2.45) is 5.92 Å². The maximum Gasteiger partial charge on any atom is 0.0339 e. The summed E-state index contributed by atoms with van der Waals surface area (Å²) >= 11 is 6.23. The predicted octanol–water partition coefficient (Wildman–Crippen LogP) is 3.71. The molecule has 0 aliphatic heterocycles. The van der Waals surface area contributed by atoms with Crippen molar-refractivity contribution in [3.8, 4) is 0 Å². The zero-order valence-electron chi connectivity index (χ0n) is 10.9. The second-order valence-electron chi connectivity index (χ2n) is 5.89. The second kappa shape index (κ2) is 5.63. The third-order valence-electron chi connectivity index (χ3n) is 4.50. The number of benzene rings is 1. The van der Waals surface area contributed by atoms with Crippen LogP contribution in [0.15, 0.2) is 24.3 Å². The summed E-state index contributed by atoms with van der Waals surface area (Å²) in [6, 6.07) is 8.83. The van der Waals surface area contributed by atoms with Crippen molar-refractivity contribution >= 4 is 11.6 Å². The van der Waals surface area contributed by atoms with Crippen molar-refractivity contribution in [1.82, 2.24) is 5.32 Å². The Kier molecular flexibility index (Phi) is 3.91. The first-order valence-electron chi connectivity index (χ1n) is 7.25. The predicted molar refractivity (Wildman–Crippen MR) is 77.4 cm³/mol. The smallest absolute Gasteiger partial charge is 0.0339 e. The van der Waals surface area contributed by atoms with Crippen molar-refractivity contribution < 1.29 is 0 Å². The lowest BCUT2D eigenvalue weighted by molar-refractivity contribution is 0.341. The molecule has 0 bridgehead atoms. The fourth-order valence-electron chi connectivity index (χ4n) is 3.42. The number of rotatable bonds is 4. The minimum atomic E-state index is 0.426. The third-order valence-corrected chi connectivity index (χ3v) is 4.90. The van der Waals surface area contributed by atoms with Crippen LogP contribution in [0.4, 0.5) is 0 Å². The highest BCUT2D eigenvalue weighted by atomic mass is 35.5. The standard InChI is InChI=1S/C16H22ClN/c17-15-6-3-4-12(8-15)10-18-11-14-9-13-5-1-2-7-16(13)14/h1-2,5,7,12,14-15,18H,3-4,6,8-11H2. The van der Waals surface area contributed by atoms with Gasteiger partial charge in [0.25, 0.3) is 0 Å². The maximum absolute atomic E-state index is 6.23. The molecule has 0 saturated heterocycles. The maximum atomic E-state index is 6.23. The second-order valence-corrected chi connectivity index (χ2v) is 6.51. The molecule has 1 saturated carbocycles. The van der Waals surface area contributed by atoms with Crippen LogP contribution in [0.5, 0.6) is 0 Å². The lowest BCUT2D eigenvalue weighted by atomic mass is 9.77. The Labute approximate surface area is 115 Å². The molecule has 1 aromatic rings. The lowest BCUT2D eigenvalue weighted by Gasteiger charge is -2.31. The Balaban J connectivity index is 1.41. The van der Waals surface area contributed by atoms with Gasteiger partial charge in [0.2, 0.25) is 0 Å². The fourth-order valence-corrected chi connectivity index (χ4v) is 3.82. The molecule has 2 aliphatic rings. The average molecular weight is 264 g/mol. The molecule has 98 valence electrons. The molecule has 1 aromatic carbocycles. The molecule has 0 radical (unpaired) electrons. The Bertz CT molecular complexity index is 404. The van der Waals surface area contributed by atoms with Crippen LogP contribution in [0.2, 0.25) is 0 Å². The number of hydrogen-bond donors (Lipinski definition) is 1. The van der Waals surface area contributed by atoms with E-state index in [0.717, 1.165) is 24.9 Å². The summed E-state index contributed by atoms with van der Waals surface area (Å²) in [5, 5.41) is 4.09. The molecule has 3 rings (SSSR count). The summed E-state index contributed by atoms with van der Waals surface area (Å²) in [5.41, 5.74) is 3.10. The van der Waals surface area contributed by atoms with Crippen LogP contribution in [-0.4, -0.2) is 18.5 Å². The average Bonchev–Trinajstić information content (AvgIpc) is 2.35. The molecule has 1 nitrogen and oxygen atoms in total. The molecule has 0 amide bonds. The number of fused-ring (bicyclic) bond motifs is 1. The zero-order valence-corrected chi connectivity index (χ0v) is 11.6. The third kappa shape index (κ3) is 2.73. The van der Waals surface area contributed by atoms with Crippen molar-refractivity contribution in [1.29, 1.82) is 0 Å². The molecule has 3 atom stereocenters. The Morgan fingerprint density at radius 1 is 1.17 bits per heavy atom. The van der Waals surface area contributed by atoms with E-state index in [-0.39, 0.29) is 0 Å². The summed E-state index contributed by atoms with van der Waals surface area (Å²) in [7, 11) is 0. The highest BCUT2D eigenvalue weighted by Gasteiger charge is 2.25. The Hall–Kier alpha value is -0.530. The van der Waals surface area contributed by atoms with Crippen LogP contribution in [0.1, 0.15) is 42.7 Å². The van der Waals surface area contributed by atoms with Crippen LogP contribution in [0.25, 0.3) is 0 Å². The number of nitrogens with one attached hydrogen (secondary N) is 1. The fraction of sp³-hybridized carbons (Fsp3) is 0.625. The van der Waals surface area contributed by atoms with Gasteiger partial charge in [-0.25, -0.2) is 0 Å².